The van der Waals surface area contributed by atoms with Crippen molar-refractivity contribution < 1.29 is 13.5 Å². The van der Waals surface area contributed by atoms with E-state index in [0.29, 0.717) is 15.6 Å². The number of nitrogens with one attached hydrogen (secondary N) is 1. The molecule has 1 unspecified atom stereocenters. The van der Waals surface area contributed by atoms with Crippen molar-refractivity contribution in [2.45, 2.75) is 11.0 Å². The van der Waals surface area contributed by atoms with E-state index >= 15 is 0 Å². The lowest BCUT2D eigenvalue weighted by Gasteiger charge is -2.15. The van der Waals surface area contributed by atoms with E-state index in [1.807, 2.05) is 0 Å². The molecule has 0 fully saturated rings. The fraction of sp³-hybridized carbons (Fsp3) is 0.214. The van der Waals surface area contributed by atoms with Gasteiger partial charge in [-0.05, 0) is 35.9 Å². The van der Waals surface area contributed by atoms with Crippen LogP contribution >= 0.6 is 23.2 Å². The first-order valence-corrected chi connectivity index (χ1v) is 8.95. The normalized spacial score (nSPS) is 12.9. The second-order valence-electron chi connectivity index (χ2n) is 4.72. The second-order valence-corrected chi connectivity index (χ2v) is 7.58. The Morgan fingerprint density at radius 2 is 1.91 bits per heavy atom. The van der Waals surface area contributed by atoms with Crippen molar-refractivity contribution in [2.75, 3.05) is 18.1 Å². The molecule has 1 heterocycles. The van der Waals surface area contributed by atoms with Crippen LogP contribution in [0.3, 0.4) is 0 Å². The van der Waals surface area contributed by atoms with Crippen LogP contribution in [0.25, 0.3) is 0 Å². The molecule has 0 bridgehead atoms. The Morgan fingerprint density at radius 3 is 2.50 bits per heavy atom. The number of rotatable bonds is 5. The highest BCUT2D eigenvalue weighted by Crippen LogP contribution is 2.24. The first-order chi connectivity index (χ1) is 10.3. The first-order valence-electron chi connectivity index (χ1n) is 6.30. The van der Waals surface area contributed by atoms with Crippen LogP contribution in [0.1, 0.15) is 11.7 Å². The Morgan fingerprint density at radius 1 is 1.27 bits per heavy atom. The van der Waals surface area contributed by atoms with Crippen LogP contribution in [0, 0.1) is 0 Å². The van der Waals surface area contributed by atoms with Gasteiger partial charge >= 0.3 is 0 Å². The van der Waals surface area contributed by atoms with Crippen LogP contribution in [0.5, 0.6) is 0 Å². The van der Waals surface area contributed by atoms with Gasteiger partial charge in [0.25, 0.3) is 0 Å². The van der Waals surface area contributed by atoms with Crippen molar-refractivity contribution in [3.05, 3.63) is 52.1 Å². The number of halogens is 2. The average Bonchev–Trinajstić information content (AvgIpc) is 2.43. The van der Waals surface area contributed by atoms with Gasteiger partial charge in [0.1, 0.15) is 10.7 Å². The van der Waals surface area contributed by atoms with Crippen LogP contribution in [-0.4, -0.2) is 31.3 Å². The van der Waals surface area contributed by atoms with Crippen molar-refractivity contribution in [3.8, 4) is 0 Å². The lowest BCUT2D eigenvalue weighted by atomic mass is 10.1. The first kappa shape index (κ1) is 17.0. The van der Waals surface area contributed by atoms with E-state index in [1.165, 1.54) is 18.3 Å². The molecular formula is C14H14Cl2N2O3S. The van der Waals surface area contributed by atoms with Gasteiger partial charge in [-0.2, -0.15) is 0 Å². The number of nitrogens with zero attached hydrogens (tertiary/aromatic N) is 1. The number of anilines is 1. The molecule has 2 aromatic rings. The summed E-state index contributed by atoms with van der Waals surface area (Å²) in [5.74, 6) is 0.192. The molecule has 2 rings (SSSR count). The highest BCUT2D eigenvalue weighted by Gasteiger charge is 2.15. The minimum atomic E-state index is -3.41. The molecular weight excluding hydrogens is 347 g/mol. The number of aliphatic hydroxyl groups is 1. The standard InChI is InChI=1S/C14H14Cl2N2O3S/c1-22(20,21)13-3-2-4-17-14(13)18-8-12(19)9-5-10(15)7-11(16)6-9/h2-7,12,19H,8H2,1H3,(H,17,18). The van der Waals surface area contributed by atoms with Gasteiger partial charge in [0, 0.05) is 29.0 Å². The summed E-state index contributed by atoms with van der Waals surface area (Å²) in [7, 11) is -3.41. The fourth-order valence-electron chi connectivity index (χ4n) is 1.90. The lowest BCUT2D eigenvalue weighted by Crippen LogP contribution is -2.15. The minimum absolute atomic E-state index is 0.0657. The Labute approximate surface area is 138 Å². The molecule has 0 amide bonds. The molecule has 0 aliphatic carbocycles. The highest BCUT2D eigenvalue weighted by molar-refractivity contribution is 7.90. The highest BCUT2D eigenvalue weighted by atomic mass is 35.5. The zero-order chi connectivity index (χ0) is 16.3. The molecule has 118 valence electrons. The van der Waals surface area contributed by atoms with Crippen LogP contribution in [0.2, 0.25) is 10.0 Å². The summed E-state index contributed by atoms with van der Waals surface area (Å²) in [6.07, 6.45) is 1.66. The molecule has 0 spiro atoms. The van der Waals surface area contributed by atoms with Gasteiger partial charge in [-0.1, -0.05) is 23.2 Å². The molecule has 5 nitrogen and oxygen atoms in total. The van der Waals surface area contributed by atoms with Crippen molar-refractivity contribution in [1.29, 1.82) is 0 Å². The lowest BCUT2D eigenvalue weighted by molar-refractivity contribution is 0.191. The van der Waals surface area contributed by atoms with Gasteiger partial charge in [0.05, 0.1) is 6.10 Å². The van der Waals surface area contributed by atoms with E-state index in [4.69, 9.17) is 23.2 Å². The third-order valence-corrected chi connectivity index (χ3v) is 4.47. The topological polar surface area (TPSA) is 79.3 Å². The van der Waals surface area contributed by atoms with Crippen LogP contribution in [0.4, 0.5) is 5.82 Å². The maximum Gasteiger partial charge on any atom is 0.179 e. The average molecular weight is 361 g/mol. The Bertz CT molecular complexity index is 761. The summed E-state index contributed by atoms with van der Waals surface area (Å²) in [5, 5.41) is 13.8. The monoisotopic (exact) mass is 360 g/mol. The molecule has 0 aliphatic heterocycles. The Kier molecular flexibility index (Phi) is 5.28. The number of hydrogen-bond donors (Lipinski definition) is 2. The quantitative estimate of drug-likeness (QED) is 0.856. The predicted molar refractivity (Wildman–Crippen MR) is 87.3 cm³/mol. The van der Waals surface area contributed by atoms with E-state index in [2.05, 4.69) is 10.3 Å². The molecule has 1 aromatic heterocycles. The molecule has 1 atom stereocenters. The van der Waals surface area contributed by atoms with Gasteiger partial charge < -0.3 is 10.4 Å². The van der Waals surface area contributed by atoms with E-state index in [1.54, 1.807) is 18.2 Å². The largest absolute Gasteiger partial charge is 0.387 e. The number of benzene rings is 1. The van der Waals surface area contributed by atoms with Crippen molar-refractivity contribution in [3.63, 3.8) is 0 Å². The molecule has 0 radical (unpaired) electrons. The Hall–Kier alpha value is -1.34. The third-order valence-electron chi connectivity index (χ3n) is 2.90. The minimum Gasteiger partial charge on any atom is -0.387 e. The number of aromatic nitrogens is 1. The van der Waals surface area contributed by atoms with Gasteiger partial charge in [-0.25, -0.2) is 13.4 Å². The van der Waals surface area contributed by atoms with E-state index in [9.17, 15) is 13.5 Å². The molecule has 1 aromatic carbocycles. The van der Waals surface area contributed by atoms with Crippen molar-refractivity contribution >= 4 is 38.9 Å². The summed E-state index contributed by atoms with van der Waals surface area (Å²) in [4.78, 5) is 4.07. The van der Waals surface area contributed by atoms with E-state index in [0.717, 1.165) is 6.26 Å². The molecule has 0 aliphatic rings. The van der Waals surface area contributed by atoms with Gasteiger partial charge in [-0.3, -0.25) is 0 Å². The molecule has 0 saturated carbocycles. The van der Waals surface area contributed by atoms with Crippen LogP contribution in [-0.2, 0) is 9.84 Å². The smallest absolute Gasteiger partial charge is 0.179 e. The summed E-state index contributed by atoms with van der Waals surface area (Å²) in [6, 6.07) is 7.74. The van der Waals surface area contributed by atoms with Gasteiger partial charge in [-0.15, -0.1) is 0 Å². The second kappa shape index (κ2) is 6.83. The molecule has 22 heavy (non-hydrogen) atoms. The maximum atomic E-state index is 11.7. The van der Waals surface area contributed by atoms with Crippen LogP contribution in [0.15, 0.2) is 41.4 Å². The summed E-state index contributed by atoms with van der Waals surface area (Å²) >= 11 is 11.8. The zero-order valence-electron chi connectivity index (χ0n) is 11.6. The number of pyridine rings is 1. The Balaban J connectivity index is 2.17. The third kappa shape index (κ3) is 4.33. The van der Waals surface area contributed by atoms with Crippen molar-refractivity contribution in [2.24, 2.45) is 0 Å². The van der Waals surface area contributed by atoms with E-state index < -0.39 is 15.9 Å². The maximum absolute atomic E-state index is 11.7. The van der Waals surface area contributed by atoms with Crippen molar-refractivity contribution in [1.82, 2.24) is 4.98 Å². The predicted octanol–water partition coefficient (Wildman–Crippen LogP) is 2.94. The zero-order valence-corrected chi connectivity index (χ0v) is 14.0. The van der Waals surface area contributed by atoms with E-state index in [-0.39, 0.29) is 17.3 Å². The van der Waals surface area contributed by atoms with Gasteiger partial charge in [0.15, 0.2) is 9.84 Å². The number of aliphatic hydroxyl groups excluding tert-OH is 1. The van der Waals surface area contributed by atoms with Gasteiger partial charge in [0.2, 0.25) is 0 Å². The summed E-state index contributed by atoms with van der Waals surface area (Å²) in [5.41, 5.74) is 0.529. The SMILES string of the molecule is CS(=O)(=O)c1cccnc1NCC(O)c1cc(Cl)cc(Cl)c1. The molecule has 8 heteroatoms. The fourth-order valence-corrected chi connectivity index (χ4v) is 3.25. The summed E-state index contributed by atoms with van der Waals surface area (Å²) in [6.45, 7) is 0.0657. The summed E-state index contributed by atoms with van der Waals surface area (Å²) < 4.78 is 23.4. The number of sulfone groups is 1. The number of hydrogen-bond acceptors (Lipinski definition) is 5. The van der Waals surface area contributed by atoms with Crippen LogP contribution < -0.4 is 5.32 Å². The molecule has 0 saturated heterocycles. The molecule has 2 N–H and O–H groups in total.